The lowest BCUT2D eigenvalue weighted by Crippen LogP contribution is -2.47. The summed E-state index contributed by atoms with van der Waals surface area (Å²) in [7, 11) is 1.64. The Balaban J connectivity index is 1.52. The van der Waals surface area contributed by atoms with Crippen molar-refractivity contribution in [2.75, 3.05) is 33.3 Å². The average molecular weight is 350 g/mol. The van der Waals surface area contributed by atoms with Gasteiger partial charge in [-0.25, -0.2) is 0 Å². The molecule has 0 bridgehead atoms. The fourth-order valence-corrected chi connectivity index (χ4v) is 3.17. The largest absolute Gasteiger partial charge is 0.497 e. The van der Waals surface area contributed by atoms with Crippen LogP contribution < -0.4 is 4.74 Å². The number of piperazine rings is 1. The quantitative estimate of drug-likeness (QED) is 0.775. The van der Waals surface area contributed by atoms with Crippen molar-refractivity contribution >= 4 is 12.0 Å². The van der Waals surface area contributed by atoms with Crippen LogP contribution in [0.1, 0.15) is 16.7 Å². The molecule has 1 aliphatic heterocycles. The Bertz CT molecular complexity index is 777. The Labute approximate surface area is 155 Å². The highest BCUT2D eigenvalue weighted by Gasteiger charge is 2.19. The van der Waals surface area contributed by atoms with Gasteiger partial charge in [0.25, 0.3) is 0 Å². The SMILES string of the molecule is COc1cccc(/C=C/C(=O)N2CCN(Cc3ccccc3C)CC2)c1. The number of nitrogens with zero attached hydrogens (tertiary/aromatic N) is 2. The van der Waals surface area contributed by atoms with Gasteiger partial charge in [0.2, 0.25) is 5.91 Å². The molecular formula is C22H26N2O2. The van der Waals surface area contributed by atoms with Crippen LogP contribution in [0.25, 0.3) is 6.08 Å². The highest BCUT2D eigenvalue weighted by Crippen LogP contribution is 2.15. The van der Waals surface area contributed by atoms with Gasteiger partial charge in [-0.1, -0.05) is 36.4 Å². The van der Waals surface area contributed by atoms with E-state index in [-0.39, 0.29) is 5.91 Å². The minimum absolute atomic E-state index is 0.0726. The number of carbonyl (C=O) groups excluding carboxylic acids is 1. The molecule has 0 aromatic heterocycles. The van der Waals surface area contributed by atoms with Crippen LogP contribution in [0.4, 0.5) is 0 Å². The molecule has 1 saturated heterocycles. The number of amides is 1. The first-order chi connectivity index (χ1) is 12.7. The number of carbonyl (C=O) groups is 1. The van der Waals surface area contributed by atoms with Gasteiger partial charge in [-0.15, -0.1) is 0 Å². The van der Waals surface area contributed by atoms with Crippen LogP contribution in [0.3, 0.4) is 0 Å². The van der Waals surface area contributed by atoms with Gasteiger partial charge in [0, 0.05) is 38.8 Å². The number of rotatable bonds is 5. The summed E-state index contributed by atoms with van der Waals surface area (Å²) in [4.78, 5) is 16.8. The summed E-state index contributed by atoms with van der Waals surface area (Å²) in [5.41, 5.74) is 3.66. The van der Waals surface area contributed by atoms with Crippen molar-refractivity contribution < 1.29 is 9.53 Å². The Morgan fingerprint density at radius 1 is 1.08 bits per heavy atom. The van der Waals surface area contributed by atoms with Gasteiger partial charge < -0.3 is 9.64 Å². The number of hydrogen-bond acceptors (Lipinski definition) is 3. The third-order valence-corrected chi connectivity index (χ3v) is 4.85. The molecule has 3 rings (SSSR count). The zero-order chi connectivity index (χ0) is 18.4. The molecule has 2 aromatic rings. The molecular weight excluding hydrogens is 324 g/mol. The van der Waals surface area contributed by atoms with E-state index in [0.717, 1.165) is 44.0 Å². The molecule has 1 heterocycles. The molecule has 0 spiro atoms. The summed E-state index contributed by atoms with van der Waals surface area (Å²) >= 11 is 0. The lowest BCUT2D eigenvalue weighted by atomic mass is 10.1. The predicted octanol–water partition coefficient (Wildman–Crippen LogP) is 3.36. The van der Waals surface area contributed by atoms with Crippen LogP contribution >= 0.6 is 0 Å². The van der Waals surface area contributed by atoms with Gasteiger partial charge >= 0.3 is 0 Å². The van der Waals surface area contributed by atoms with Crippen molar-refractivity contribution in [2.45, 2.75) is 13.5 Å². The van der Waals surface area contributed by atoms with Crippen molar-refractivity contribution in [1.82, 2.24) is 9.80 Å². The molecule has 26 heavy (non-hydrogen) atoms. The van der Waals surface area contributed by atoms with Gasteiger partial charge in [0.15, 0.2) is 0 Å². The minimum Gasteiger partial charge on any atom is -0.497 e. The van der Waals surface area contributed by atoms with E-state index in [1.165, 1.54) is 11.1 Å². The maximum absolute atomic E-state index is 12.4. The summed E-state index contributed by atoms with van der Waals surface area (Å²) in [5, 5.41) is 0. The molecule has 0 saturated carbocycles. The monoisotopic (exact) mass is 350 g/mol. The first-order valence-corrected chi connectivity index (χ1v) is 9.03. The summed E-state index contributed by atoms with van der Waals surface area (Å²) in [6.45, 7) is 6.47. The summed E-state index contributed by atoms with van der Waals surface area (Å²) < 4.78 is 5.21. The molecule has 0 unspecified atom stereocenters. The van der Waals surface area contributed by atoms with Crippen molar-refractivity contribution in [1.29, 1.82) is 0 Å². The fourth-order valence-electron chi connectivity index (χ4n) is 3.17. The van der Waals surface area contributed by atoms with Crippen LogP contribution in [0.5, 0.6) is 5.75 Å². The van der Waals surface area contributed by atoms with E-state index < -0.39 is 0 Å². The van der Waals surface area contributed by atoms with E-state index in [1.807, 2.05) is 35.2 Å². The van der Waals surface area contributed by atoms with Gasteiger partial charge in [-0.2, -0.15) is 0 Å². The second-order valence-electron chi connectivity index (χ2n) is 6.64. The Hall–Kier alpha value is -2.59. The molecule has 1 aliphatic rings. The molecule has 0 N–H and O–H groups in total. The van der Waals surface area contributed by atoms with Gasteiger partial charge in [0.05, 0.1) is 7.11 Å². The molecule has 0 radical (unpaired) electrons. The van der Waals surface area contributed by atoms with E-state index in [1.54, 1.807) is 13.2 Å². The second kappa shape index (κ2) is 8.68. The van der Waals surface area contributed by atoms with Gasteiger partial charge in [-0.05, 0) is 41.8 Å². The summed E-state index contributed by atoms with van der Waals surface area (Å²) in [5.74, 6) is 0.868. The Kier molecular flexibility index (Phi) is 6.08. The molecule has 2 aromatic carbocycles. The molecule has 1 fully saturated rings. The van der Waals surface area contributed by atoms with Crippen molar-refractivity contribution in [2.24, 2.45) is 0 Å². The summed E-state index contributed by atoms with van der Waals surface area (Å²) in [6, 6.07) is 16.2. The molecule has 0 atom stereocenters. The van der Waals surface area contributed by atoms with E-state index in [9.17, 15) is 4.79 Å². The standard InChI is InChI=1S/C22H26N2O2/c1-18-6-3-4-8-20(18)17-23-12-14-24(15-13-23)22(25)11-10-19-7-5-9-21(16-19)26-2/h3-11,16H,12-15,17H2,1-2H3/b11-10+. The molecule has 136 valence electrons. The molecule has 0 aliphatic carbocycles. The zero-order valence-electron chi connectivity index (χ0n) is 15.5. The molecule has 4 nitrogen and oxygen atoms in total. The number of ether oxygens (including phenoxy) is 1. The summed E-state index contributed by atoms with van der Waals surface area (Å²) in [6.07, 6.45) is 3.51. The van der Waals surface area contributed by atoms with Crippen LogP contribution in [-0.4, -0.2) is 49.0 Å². The maximum atomic E-state index is 12.4. The van der Waals surface area contributed by atoms with Gasteiger partial charge in [-0.3, -0.25) is 9.69 Å². The van der Waals surface area contributed by atoms with Gasteiger partial charge in [0.1, 0.15) is 5.75 Å². The van der Waals surface area contributed by atoms with Crippen molar-refractivity contribution in [3.63, 3.8) is 0 Å². The first-order valence-electron chi connectivity index (χ1n) is 9.03. The third kappa shape index (κ3) is 4.73. The van der Waals surface area contributed by atoms with E-state index in [4.69, 9.17) is 4.74 Å². The normalized spacial score (nSPS) is 15.4. The molecule has 1 amide bonds. The highest BCUT2D eigenvalue weighted by atomic mass is 16.5. The third-order valence-electron chi connectivity index (χ3n) is 4.85. The number of aryl methyl sites for hydroxylation is 1. The van der Waals surface area contributed by atoms with Crippen LogP contribution in [0.2, 0.25) is 0 Å². The molecule has 4 heteroatoms. The van der Waals surface area contributed by atoms with Crippen LogP contribution in [0, 0.1) is 6.92 Å². The zero-order valence-corrected chi connectivity index (χ0v) is 15.5. The first kappa shape index (κ1) is 18.2. The number of hydrogen-bond donors (Lipinski definition) is 0. The van der Waals surface area contributed by atoms with E-state index >= 15 is 0 Å². The number of methoxy groups -OCH3 is 1. The smallest absolute Gasteiger partial charge is 0.246 e. The average Bonchev–Trinajstić information content (AvgIpc) is 2.68. The van der Waals surface area contributed by atoms with E-state index in [0.29, 0.717) is 0 Å². The fraction of sp³-hybridized carbons (Fsp3) is 0.318. The lowest BCUT2D eigenvalue weighted by molar-refractivity contribution is -0.127. The van der Waals surface area contributed by atoms with Crippen LogP contribution in [-0.2, 0) is 11.3 Å². The predicted molar refractivity (Wildman–Crippen MR) is 105 cm³/mol. The van der Waals surface area contributed by atoms with Crippen molar-refractivity contribution in [3.8, 4) is 5.75 Å². The Morgan fingerprint density at radius 2 is 1.85 bits per heavy atom. The maximum Gasteiger partial charge on any atom is 0.246 e. The number of benzene rings is 2. The minimum atomic E-state index is 0.0726. The highest BCUT2D eigenvalue weighted by molar-refractivity contribution is 5.91. The van der Waals surface area contributed by atoms with Crippen LogP contribution in [0.15, 0.2) is 54.6 Å². The van der Waals surface area contributed by atoms with Crippen molar-refractivity contribution in [3.05, 3.63) is 71.3 Å². The van der Waals surface area contributed by atoms with E-state index in [2.05, 4.69) is 36.1 Å². The second-order valence-corrected chi connectivity index (χ2v) is 6.64. The topological polar surface area (TPSA) is 32.8 Å². The lowest BCUT2D eigenvalue weighted by Gasteiger charge is -2.34. The Morgan fingerprint density at radius 3 is 2.58 bits per heavy atom.